The lowest BCUT2D eigenvalue weighted by atomic mass is 9.95. The summed E-state index contributed by atoms with van der Waals surface area (Å²) in [4.78, 5) is 56.6. The summed E-state index contributed by atoms with van der Waals surface area (Å²) in [6.45, 7) is 5.29. The number of aromatic nitrogens is 3. The fourth-order valence-electron chi connectivity index (χ4n) is 6.81. The number of amides is 3. The van der Waals surface area contributed by atoms with E-state index in [1.54, 1.807) is 55.7 Å². The van der Waals surface area contributed by atoms with Gasteiger partial charge in [-0.25, -0.2) is 14.8 Å². The number of aryl methyl sites for hydroxylation is 1. The molecule has 2 saturated heterocycles. The zero-order valence-electron chi connectivity index (χ0n) is 28.3. The van der Waals surface area contributed by atoms with Gasteiger partial charge in [0.2, 0.25) is 11.7 Å². The molecule has 13 nitrogen and oxygen atoms in total. The number of anilines is 4. The monoisotopic (exact) mass is 663 g/mol. The van der Waals surface area contributed by atoms with Crippen molar-refractivity contribution in [3.8, 4) is 5.75 Å². The second-order valence-electron chi connectivity index (χ2n) is 13.1. The molecule has 0 aliphatic carbocycles. The summed E-state index contributed by atoms with van der Waals surface area (Å²) >= 11 is 0. The van der Waals surface area contributed by atoms with E-state index in [2.05, 4.69) is 42.3 Å². The molecule has 0 bridgehead atoms. The Kier molecular flexibility index (Phi) is 8.68. The lowest BCUT2D eigenvalue weighted by molar-refractivity contribution is -0.133. The second kappa shape index (κ2) is 13.2. The predicted octanol–water partition coefficient (Wildman–Crippen LogP) is 4.28. The lowest BCUT2D eigenvalue weighted by Crippen LogP contribution is -2.44. The molecule has 4 aromatic rings. The molecule has 2 N–H and O–H groups in total. The molecule has 0 atom stereocenters. The van der Waals surface area contributed by atoms with Crippen LogP contribution in [0.1, 0.15) is 28.8 Å². The first-order chi connectivity index (χ1) is 23.6. The minimum Gasteiger partial charge on any atom is -0.452 e. The number of nitrogens with one attached hydrogen (secondary N) is 2. The van der Waals surface area contributed by atoms with Crippen molar-refractivity contribution in [2.75, 3.05) is 80.8 Å². The van der Waals surface area contributed by atoms with Gasteiger partial charge in [0.15, 0.2) is 5.76 Å². The van der Waals surface area contributed by atoms with Gasteiger partial charge in [-0.1, -0.05) is 0 Å². The fourth-order valence-corrected chi connectivity index (χ4v) is 6.81. The molecule has 2 fully saturated rings. The number of piperidine rings is 1. The van der Waals surface area contributed by atoms with E-state index in [0.29, 0.717) is 22.7 Å². The van der Waals surface area contributed by atoms with E-state index in [4.69, 9.17) is 4.74 Å². The summed E-state index contributed by atoms with van der Waals surface area (Å²) < 4.78 is 7.98. The summed E-state index contributed by atoms with van der Waals surface area (Å²) in [7, 11) is 7.64. The number of piperazine rings is 1. The zero-order chi connectivity index (χ0) is 34.2. The number of nitrogens with zero attached hydrogens (tertiary/aromatic N) is 7. The zero-order valence-corrected chi connectivity index (χ0v) is 28.3. The van der Waals surface area contributed by atoms with Crippen LogP contribution in [0.25, 0.3) is 17.1 Å². The molecule has 49 heavy (non-hydrogen) atoms. The van der Waals surface area contributed by atoms with Crippen molar-refractivity contribution in [1.82, 2.24) is 24.3 Å². The molecule has 254 valence electrons. The topological polar surface area (TPSA) is 128 Å². The number of hydrogen-bond donors (Lipinski definition) is 2. The molecule has 13 heteroatoms. The number of urea groups is 1. The number of allylic oxidation sites excluding steroid dienone is 1. The third-order valence-electron chi connectivity index (χ3n) is 9.54. The summed E-state index contributed by atoms with van der Waals surface area (Å²) in [5.74, 6) is 1.43. The van der Waals surface area contributed by atoms with Gasteiger partial charge < -0.3 is 39.5 Å². The van der Waals surface area contributed by atoms with Crippen molar-refractivity contribution < 1.29 is 19.1 Å². The predicted molar refractivity (Wildman–Crippen MR) is 190 cm³/mol. The molecule has 0 spiro atoms. The molecule has 3 aliphatic heterocycles. The Morgan fingerprint density at radius 1 is 0.918 bits per heavy atom. The van der Waals surface area contributed by atoms with Crippen LogP contribution in [-0.4, -0.2) is 102 Å². The van der Waals surface area contributed by atoms with Crippen LogP contribution in [0.2, 0.25) is 0 Å². The van der Waals surface area contributed by atoms with E-state index in [1.165, 1.54) is 0 Å². The van der Waals surface area contributed by atoms with Crippen molar-refractivity contribution in [3.63, 3.8) is 0 Å². The highest BCUT2D eigenvalue weighted by atomic mass is 16.5. The van der Waals surface area contributed by atoms with Crippen LogP contribution in [0.5, 0.6) is 5.75 Å². The maximum Gasteiger partial charge on any atom is 0.323 e. The van der Waals surface area contributed by atoms with Gasteiger partial charge in [-0.3, -0.25) is 9.59 Å². The summed E-state index contributed by atoms with van der Waals surface area (Å²) in [5.41, 5.74) is 4.01. The van der Waals surface area contributed by atoms with Crippen molar-refractivity contribution in [3.05, 3.63) is 71.9 Å². The number of benzene rings is 1. The summed E-state index contributed by atoms with van der Waals surface area (Å²) in [6.07, 6.45) is 8.69. The van der Waals surface area contributed by atoms with E-state index in [9.17, 15) is 14.4 Å². The number of pyridine rings is 2. The maximum absolute atomic E-state index is 13.6. The van der Waals surface area contributed by atoms with Gasteiger partial charge in [-0.2, -0.15) is 0 Å². The molecule has 3 aliphatic rings. The molecule has 0 radical (unpaired) electrons. The van der Waals surface area contributed by atoms with Crippen molar-refractivity contribution in [1.29, 1.82) is 0 Å². The third kappa shape index (κ3) is 6.53. The van der Waals surface area contributed by atoms with E-state index in [1.807, 2.05) is 36.0 Å². The van der Waals surface area contributed by atoms with Gasteiger partial charge in [-0.15, -0.1) is 0 Å². The molecule has 0 saturated carbocycles. The van der Waals surface area contributed by atoms with Gasteiger partial charge in [0, 0.05) is 101 Å². The van der Waals surface area contributed by atoms with Gasteiger partial charge in [0.1, 0.15) is 17.2 Å². The largest absolute Gasteiger partial charge is 0.452 e. The summed E-state index contributed by atoms with van der Waals surface area (Å²) in [5, 5.41) is 6.55. The molecule has 6 heterocycles. The number of Topliss-reactive ketones (excluding diaryl/α,β-unsaturated/α-hetero) is 1. The molecule has 3 amide bonds. The first-order valence-corrected chi connectivity index (χ1v) is 16.6. The quantitative estimate of drug-likeness (QED) is 0.291. The molecule has 0 unspecified atom stereocenters. The Morgan fingerprint density at radius 3 is 2.37 bits per heavy atom. The molecule has 7 rings (SSSR count). The standard InChI is InChI=1S/C36H41N9O4/c1-41(2)35(47)23-10-13-44(14-11-23)28-9-12-37-34-32(28)24(22-43(34)4)19-30-33(46)27-20-25(5-7-29(27)49-30)39-36(48)40-26-6-8-31(38-21-26)45-17-15-42(3)16-18-45/h5-9,12,19-23H,10-11,13-18H2,1-4H3,(H2,39,40,48)/b30-19-. The Balaban J connectivity index is 1.04. The van der Waals surface area contributed by atoms with Crippen LogP contribution >= 0.6 is 0 Å². The van der Waals surface area contributed by atoms with Crippen molar-refractivity contribution >= 4 is 57.7 Å². The number of fused-ring (bicyclic) bond motifs is 2. The van der Waals surface area contributed by atoms with Crippen LogP contribution in [0.4, 0.5) is 27.7 Å². The number of hydrogen-bond acceptors (Lipinski definition) is 9. The Labute approximate surface area is 285 Å². The number of likely N-dealkylation sites (N-methyl/N-ethyl adjacent to an activating group) is 1. The third-order valence-corrected chi connectivity index (χ3v) is 9.54. The first kappa shape index (κ1) is 32.1. The highest BCUT2D eigenvalue weighted by Gasteiger charge is 2.30. The van der Waals surface area contributed by atoms with Crippen LogP contribution in [-0.2, 0) is 11.8 Å². The van der Waals surface area contributed by atoms with Crippen LogP contribution < -0.4 is 25.2 Å². The first-order valence-electron chi connectivity index (χ1n) is 16.6. The van der Waals surface area contributed by atoms with E-state index in [0.717, 1.165) is 80.2 Å². The minimum absolute atomic E-state index is 0.0187. The highest BCUT2D eigenvalue weighted by Crippen LogP contribution is 2.37. The van der Waals surface area contributed by atoms with Crippen molar-refractivity contribution in [2.24, 2.45) is 13.0 Å². The fraction of sp³-hybridized carbons (Fsp3) is 0.361. The average Bonchev–Trinajstić information content (AvgIpc) is 3.59. The van der Waals surface area contributed by atoms with E-state index < -0.39 is 6.03 Å². The van der Waals surface area contributed by atoms with E-state index >= 15 is 0 Å². The molecule has 1 aromatic carbocycles. The minimum atomic E-state index is -0.442. The number of rotatable bonds is 6. The second-order valence-corrected chi connectivity index (χ2v) is 13.1. The number of ketones is 1. The highest BCUT2D eigenvalue weighted by molar-refractivity contribution is 6.16. The lowest BCUT2D eigenvalue weighted by Gasteiger charge is -2.34. The number of ether oxygens (including phenoxy) is 1. The summed E-state index contributed by atoms with van der Waals surface area (Å²) in [6, 6.07) is 10.3. The van der Waals surface area contributed by atoms with Gasteiger partial charge in [-0.05, 0) is 62.4 Å². The Hall–Kier alpha value is -5.43. The Morgan fingerprint density at radius 2 is 1.65 bits per heavy atom. The molecule has 3 aromatic heterocycles. The average molecular weight is 664 g/mol. The maximum atomic E-state index is 13.6. The van der Waals surface area contributed by atoms with Gasteiger partial charge in [0.05, 0.1) is 17.4 Å². The molecular weight excluding hydrogens is 622 g/mol. The van der Waals surface area contributed by atoms with Gasteiger partial charge in [0.25, 0.3) is 0 Å². The van der Waals surface area contributed by atoms with E-state index in [-0.39, 0.29) is 23.4 Å². The van der Waals surface area contributed by atoms with Crippen LogP contribution in [0.15, 0.2) is 60.7 Å². The molecular formula is C36H41N9O4. The number of carbonyl (C=O) groups excluding carboxylic acids is 3. The van der Waals surface area contributed by atoms with Gasteiger partial charge >= 0.3 is 6.03 Å². The number of carbonyl (C=O) groups is 3. The normalized spacial score (nSPS) is 17.7. The van der Waals surface area contributed by atoms with Crippen LogP contribution in [0.3, 0.4) is 0 Å². The smallest absolute Gasteiger partial charge is 0.323 e. The van der Waals surface area contributed by atoms with Crippen LogP contribution in [0, 0.1) is 5.92 Å². The SMILES string of the molecule is CN1CCN(c2ccc(NC(=O)Nc3ccc4c(c3)C(=O)/C(=C/c3cn(C)c5nccc(N6CCC(C(=O)N(C)C)CC6)c35)O4)cn2)CC1. The Bertz CT molecular complexity index is 1940. The van der Waals surface area contributed by atoms with Crippen molar-refractivity contribution in [2.45, 2.75) is 12.8 Å².